The minimum absolute atomic E-state index is 0.426. The van der Waals surface area contributed by atoms with E-state index in [2.05, 4.69) is 79.8 Å². The van der Waals surface area contributed by atoms with Crippen LogP contribution >= 0.6 is 34.4 Å². The van der Waals surface area contributed by atoms with Crippen LogP contribution in [0.4, 0.5) is 0 Å². The Hall–Kier alpha value is -1.43. The van der Waals surface area contributed by atoms with Crippen molar-refractivity contribution in [3.8, 4) is 0 Å². The van der Waals surface area contributed by atoms with E-state index in [1.54, 1.807) is 34.4 Å². The van der Waals surface area contributed by atoms with Crippen molar-refractivity contribution < 1.29 is 0 Å². The number of thiophene rings is 2. The van der Waals surface area contributed by atoms with Crippen molar-refractivity contribution in [2.24, 2.45) is 32.1 Å². The topological polar surface area (TPSA) is 24.7 Å². The summed E-state index contributed by atoms with van der Waals surface area (Å²) in [7, 11) is 0. The minimum atomic E-state index is 0.426. The van der Waals surface area contributed by atoms with Crippen LogP contribution in [0.3, 0.4) is 0 Å². The van der Waals surface area contributed by atoms with Gasteiger partial charge in [0.25, 0.3) is 0 Å². The summed E-state index contributed by atoms with van der Waals surface area (Å²) in [5.74, 6) is 0.540. The molecule has 0 aromatic carbocycles. The lowest BCUT2D eigenvalue weighted by molar-refractivity contribution is -0.00859. The summed E-state index contributed by atoms with van der Waals surface area (Å²) >= 11 is 5.21. The van der Waals surface area contributed by atoms with Gasteiger partial charge in [-0.05, 0) is 77.4 Å². The van der Waals surface area contributed by atoms with E-state index >= 15 is 0 Å². The van der Waals surface area contributed by atoms with Gasteiger partial charge in [0.1, 0.15) is 5.70 Å². The molecule has 32 heavy (non-hydrogen) atoms. The van der Waals surface area contributed by atoms with Crippen LogP contribution in [0.1, 0.15) is 63.6 Å². The van der Waals surface area contributed by atoms with E-state index in [1.165, 1.54) is 28.3 Å². The van der Waals surface area contributed by atoms with Crippen molar-refractivity contribution in [3.63, 3.8) is 0 Å². The van der Waals surface area contributed by atoms with E-state index in [1.807, 2.05) is 13.8 Å². The Labute approximate surface area is 205 Å². The van der Waals surface area contributed by atoms with E-state index in [0.29, 0.717) is 22.2 Å². The van der Waals surface area contributed by atoms with Crippen molar-refractivity contribution in [2.45, 2.75) is 53.9 Å². The molecule has 5 rings (SSSR count). The maximum atomic E-state index is 5.35. The maximum absolute atomic E-state index is 5.35. The predicted molar refractivity (Wildman–Crippen MR) is 147 cm³/mol. The highest BCUT2D eigenvalue weighted by molar-refractivity contribution is 8.07. The molecule has 4 atom stereocenters. The molecule has 0 N–H and O–H groups in total. The van der Waals surface area contributed by atoms with Gasteiger partial charge in [-0.15, -0.1) is 34.4 Å². The molecule has 0 saturated heterocycles. The summed E-state index contributed by atoms with van der Waals surface area (Å²) in [6, 6.07) is 8.49. The number of hydrogen-bond donors (Lipinski definition) is 0. The molecule has 2 aromatic heterocycles. The maximum Gasteiger partial charge on any atom is 0.103 e. The number of thioether (sulfide) groups is 1. The first-order chi connectivity index (χ1) is 15.4. The van der Waals surface area contributed by atoms with Crippen LogP contribution in [0.2, 0.25) is 0 Å². The van der Waals surface area contributed by atoms with Gasteiger partial charge in [0.15, 0.2) is 0 Å². The standard InChI is InChI=1S/C25H28N2S3.C2H6/c1-16-19(13-23(2)14-24(3)15-25(16,23)24)27-18(12-17-8-6-10-29-17)21(26-4)22(28-5)20-9-7-11-30-20;1-2/h6-12,16H,4,13-15H2,1-3,5H3;1-2H3/b18-12-,22-21+,27-19?;. The molecule has 2 nitrogen and oxygen atoms in total. The Balaban J connectivity index is 0.00000119. The molecule has 3 saturated carbocycles. The zero-order chi connectivity index (χ0) is 23.1. The molecule has 5 heteroatoms. The third-order valence-corrected chi connectivity index (χ3v) is 10.6. The van der Waals surface area contributed by atoms with Gasteiger partial charge in [0.2, 0.25) is 0 Å². The van der Waals surface area contributed by atoms with Crippen LogP contribution in [0.15, 0.2) is 56.4 Å². The summed E-state index contributed by atoms with van der Waals surface area (Å²) in [5, 5.41) is 4.23. The molecule has 0 aliphatic heterocycles. The van der Waals surface area contributed by atoms with Crippen molar-refractivity contribution in [1.29, 1.82) is 0 Å². The third-order valence-electron chi connectivity index (χ3n) is 7.94. The lowest BCUT2D eigenvalue weighted by Gasteiger charge is -2.48. The summed E-state index contributed by atoms with van der Waals surface area (Å²) in [6.45, 7) is 15.3. The molecule has 0 radical (unpaired) electrons. The van der Waals surface area contributed by atoms with Gasteiger partial charge < -0.3 is 0 Å². The fourth-order valence-corrected chi connectivity index (χ4v) is 9.19. The lowest BCUT2D eigenvalue weighted by atomic mass is 9.55. The van der Waals surface area contributed by atoms with Crippen molar-refractivity contribution in [2.75, 3.05) is 6.26 Å². The van der Waals surface area contributed by atoms with Crippen LogP contribution < -0.4 is 0 Å². The monoisotopic (exact) mass is 482 g/mol. The van der Waals surface area contributed by atoms with Crippen LogP contribution in [-0.2, 0) is 0 Å². The van der Waals surface area contributed by atoms with Gasteiger partial charge in [-0.25, -0.2) is 0 Å². The highest BCUT2D eigenvalue weighted by Crippen LogP contribution is 2.91. The van der Waals surface area contributed by atoms with Crippen molar-refractivity contribution in [3.05, 3.63) is 56.2 Å². The molecular formula is C27H34N2S3. The van der Waals surface area contributed by atoms with Gasteiger partial charge in [0, 0.05) is 21.4 Å². The Morgan fingerprint density at radius 1 is 1.12 bits per heavy atom. The second kappa shape index (κ2) is 8.73. The first kappa shape index (κ1) is 23.7. The highest BCUT2D eigenvalue weighted by atomic mass is 32.2. The van der Waals surface area contributed by atoms with Crippen LogP contribution in [0.25, 0.3) is 11.0 Å². The Morgan fingerprint density at radius 3 is 2.34 bits per heavy atom. The molecule has 1 spiro atoms. The van der Waals surface area contributed by atoms with Gasteiger partial charge in [-0.1, -0.05) is 46.8 Å². The highest BCUT2D eigenvalue weighted by Gasteiger charge is 2.85. The first-order valence-corrected chi connectivity index (χ1v) is 14.5. The largest absolute Gasteiger partial charge is 0.261 e. The molecular weight excluding hydrogens is 449 g/mol. The summed E-state index contributed by atoms with van der Waals surface area (Å²) in [6.07, 6.45) is 8.15. The Kier molecular flexibility index (Phi) is 6.47. The quantitative estimate of drug-likeness (QED) is 0.298. The molecule has 3 fully saturated rings. The summed E-state index contributed by atoms with van der Waals surface area (Å²) in [4.78, 5) is 13.5. The fraction of sp³-hybridized carbons (Fsp3) is 0.481. The molecule has 3 aliphatic rings. The smallest absolute Gasteiger partial charge is 0.103 e. The molecule has 0 bridgehead atoms. The Morgan fingerprint density at radius 2 is 1.84 bits per heavy atom. The zero-order valence-corrected chi connectivity index (χ0v) is 22.5. The van der Waals surface area contributed by atoms with Crippen LogP contribution in [-0.4, -0.2) is 18.7 Å². The van der Waals surface area contributed by atoms with E-state index in [4.69, 9.17) is 4.99 Å². The lowest BCUT2D eigenvalue weighted by Crippen LogP contribution is -2.42. The number of nitrogens with zero attached hydrogens (tertiary/aromatic N) is 2. The number of hydrogen-bond acceptors (Lipinski definition) is 5. The second-order valence-electron chi connectivity index (χ2n) is 9.51. The van der Waals surface area contributed by atoms with Crippen molar-refractivity contribution in [1.82, 2.24) is 0 Å². The van der Waals surface area contributed by atoms with E-state index < -0.39 is 0 Å². The van der Waals surface area contributed by atoms with E-state index in [0.717, 1.165) is 22.7 Å². The van der Waals surface area contributed by atoms with Crippen molar-refractivity contribution >= 4 is 57.8 Å². The van der Waals surface area contributed by atoms with Gasteiger partial charge in [-0.2, -0.15) is 0 Å². The van der Waals surface area contributed by atoms with Crippen LogP contribution in [0.5, 0.6) is 0 Å². The number of rotatable bonds is 6. The molecule has 2 aromatic rings. The normalized spacial score (nSPS) is 34.6. The molecule has 3 aliphatic carbocycles. The number of aliphatic imine (C=N–C) groups is 2. The van der Waals surface area contributed by atoms with Gasteiger partial charge in [0.05, 0.1) is 10.6 Å². The molecule has 0 amide bonds. The summed E-state index contributed by atoms with van der Waals surface area (Å²) in [5.41, 5.74) is 4.67. The third kappa shape index (κ3) is 3.43. The van der Waals surface area contributed by atoms with Crippen LogP contribution in [0, 0.1) is 22.2 Å². The second-order valence-corrected chi connectivity index (χ2v) is 12.3. The predicted octanol–water partition coefficient (Wildman–Crippen LogP) is 8.90. The molecule has 170 valence electrons. The fourth-order valence-electron chi connectivity index (χ4n) is 6.85. The minimum Gasteiger partial charge on any atom is -0.261 e. The summed E-state index contributed by atoms with van der Waals surface area (Å²) < 4.78 is 0. The SMILES string of the molecule is C=NC(/C(=C/c1cccs1)N=C1CC2(C)CC3(C)CC23C1C)=C(/SC)c1cccs1.CC. The molecule has 4 unspecified atom stereocenters. The zero-order valence-electron chi connectivity index (χ0n) is 20.1. The van der Waals surface area contributed by atoms with E-state index in [-0.39, 0.29) is 0 Å². The average Bonchev–Trinajstić information content (AvgIpc) is 3.31. The first-order valence-electron chi connectivity index (χ1n) is 11.5. The van der Waals surface area contributed by atoms with Gasteiger partial charge >= 0.3 is 0 Å². The Bertz CT molecular complexity index is 1080. The van der Waals surface area contributed by atoms with Gasteiger partial charge in [-0.3, -0.25) is 9.98 Å². The average molecular weight is 483 g/mol. The van der Waals surface area contributed by atoms with E-state index in [9.17, 15) is 0 Å². The molecule has 2 heterocycles.